The number of nitrogens with one attached hydrogen (secondary N) is 1. The quantitative estimate of drug-likeness (QED) is 0.752. The summed E-state index contributed by atoms with van der Waals surface area (Å²) < 4.78 is 27.4. The van der Waals surface area contributed by atoms with Gasteiger partial charge < -0.3 is 5.32 Å². The van der Waals surface area contributed by atoms with Crippen LogP contribution in [-0.4, -0.2) is 55.0 Å². The highest BCUT2D eigenvalue weighted by atomic mass is 32.2. The molecule has 2 heterocycles. The van der Waals surface area contributed by atoms with E-state index in [-0.39, 0.29) is 28.3 Å². The maximum Gasteiger partial charge on any atom is 0.263 e. The van der Waals surface area contributed by atoms with E-state index >= 15 is 0 Å². The van der Waals surface area contributed by atoms with Crippen molar-refractivity contribution in [1.29, 1.82) is 0 Å². The van der Waals surface area contributed by atoms with Crippen molar-refractivity contribution < 1.29 is 22.8 Å². The Balaban J connectivity index is 1.61. The number of rotatable bonds is 4. The van der Waals surface area contributed by atoms with Crippen molar-refractivity contribution in [2.24, 2.45) is 0 Å². The van der Waals surface area contributed by atoms with Gasteiger partial charge in [0, 0.05) is 13.6 Å². The molecule has 8 nitrogen and oxygen atoms in total. The molecular formula is C21H21N3O5S. The minimum absolute atomic E-state index is 0.129. The van der Waals surface area contributed by atoms with Gasteiger partial charge in [0.1, 0.15) is 6.04 Å². The molecule has 1 N–H and O–H groups in total. The van der Waals surface area contributed by atoms with Gasteiger partial charge in [-0.15, -0.1) is 0 Å². The Morgan fingerprint density at radius 1 is 1.07 bits per heavy atom. The van der Waals surface area contributed by atoms with Crippen molar-refractivity contribution >= 4 is 33.4 Å². The number of hydrogen-bond acceptors (Lipinski definition) is 5. The number of hydrogen-bond donors (Lipinski definition) is 1. The fourth-order valence-corrected chi connectivity index (χ4v) is 5.51. The standard InChI is InChI=1S/C21H21N3O5S/c1-13-8-10-14(11-9-13)30(28,29)24-12-4-7-17(24)19(25)22-16-6-3-5-15-18(16)21(27)23(2)20(15)26/h3,5-6,8-11,17H,4,7,12H2,1-2H3,(H,22,25)/t17-/m0/s1. The van der Waals surface area contributed by atoms with E-state index in [1.165, 1.54) is 35.6 Å². The van der Waals surface area contributed by atoms with Gasteiger partial charge in [-0.1, -0.05) is 23.8 Å². The summed E-state index contributed by atoms with van der Waals surface area (Å²) in [6, 6.07) is 10.2. The van der Waals surface area contributed by atoms with Crippen molar-refractivity contribution in [2.75, 3.05) is 18.9 Å². The third kappa shape index (κ3) is 3.20. The number of aryl methyl sites for hydroxylation is 1. The molecule has 3 amide bonds. The van der Waals surface area contributed by atoms with Gasteiger partial charge >= 0.3 is 0 Å². The Hall–Kier alpha value is -3.04. The predicted molar refractivity (Wildman–Crippen MR) is 110 cm³/mol. The number of carbonyl (C=O) groups is 3. The van der Waals surface area contributed by atoms with Crippen LogP contribution in [0.2, 0.25) is 0 Å². The second kappa shape index (κ2) is 7.33. The minimum Gasteiger partial charge on any atom is -0.324 e. The van der Waals surface area contributed by atoms with Crippen LogP contribution in [0.15, 0.2) is 47.4 Å². The zero-order valence-electron chi connectivity index (χ0n) is 16.6. The Morgan fingerprint density at radius 3 is 2.47 bits per heavy atom. The highest BCUT2D eigenvalue weighted by molar-refractivity contribution is 7.89. The molecule has 2 aromatic carbocycles. The number of carbonyl (C=O) groups excluding carboxylic acids is 3. The van der Waals surface area contributed by atoms with E-state index < -0.39 is 33.8 Å². The lowest BCUT2D eigenvalue weighted by molar-refractivity contribution is -0.119. The fraction of sp³-hybridized carbons (Fsp3) is 0.286. The van der Waals surface area contributed by atoms with Gasteiger partial charge in [0.2, 0.25) is 15.9 Å². The number of nitrogens with zero attached hydrogens (tertiary/aromatic N) is 2. The molecule has 1 atom stereocenters. The Bertz CT molecular complexity index is 1160. The van der Waals surface area contributed by atoms with Crippen molar-refractivity contribution in [3.05, 3.63) is 59.2 Å². The maximum absolute atomic E-state index is 13.1. The van der Waals surface area contributed by atoms with Crippen molar-refractivity contribution in [2.45, 2.75) is 30.7 Å². The summed E-state index contributed by atoms with van der Waals surface area (Å²) in [4.78, 5) is 38.7. The maximum atomic E-state index is 13.1. The van der Waals surface area contributed by atoms with Crippen LogP contribution in [-0.2, 0) is 14.8 Å². The van der Waals surface area contributed by atoms with Gasteiger partial charge in [-0.05, 0) is 44.0 Å². The number of imide groups is 1. The summed E-state index contributed by atoms with van der Waals surface area (Å²) in [7, 11) is -2.46. The molecule has 2 aliphatic heterocycles. The molecule has 1 saturated heterocycles. The largest absolute Gasteiger partial charge is 0.324 e. The summed E-state index contributed by atoms with van der Waals surface area (Å²) >= 11 is 0. The molecule has 0 saturated carbocycles. The number of anilines is 1. The van der Waals surface area contributed by atoms with E-state index in [4.69, 9.17) is 0 Å². The van der Waals surface area contributed by atoms with E-state index in [1.807, 2.05) is 6.92 Å². The third-order valence-electron chi connectivity index (χ3n) is 5.51. The van der Waals surface area contributed by atoms with Crippen LogP contribution >= 0.6 is 0 Å². The van der Waals surface area contributed by atoms with Crippen molar-refractivity contribution in [3.63, 3.8) is 0 Å². The molecule has 1 fully saturated rings. The molecule has 0 aromatic heterocycles. The van der Waals surface area contributed by atoms with E-state index in [0.29, 0.717) is 12.8 Å². The molecule has 0 aliphatic carbocycles. The van der Waals surface area contributed by atoms with Crippen LogP contribution in [0, 0.1) is 6.92 Å². The number of fused-ring (bicyclic) bond motifs is 1. The normalized spacial score (nSPS) is 19.3. The summed E-state index contributed by atoms with van der Waals surface area (Å²) in [5.74, 6) is -1.46. The van der Waals surface area contributed by atoms with Crippen LogP contribution in [0.25, 0.3) is 0 Å². The van der Waals surface area contributed by atoms with Gasteiger partial charge in [0.05, 0.1) is 21.7 Å². The first-order valence-electron chi connectivity index (χ1n) is 9.56. The molecule has 2 aliphatic rings. The first kappa shape index (κ1) is 20.2. The molecule has 0 spiro atoms. The highest BCUT2D eigenvalue weighted by Gasteiger charge is 2.41. The average Bonchev–Trinajstić information content (AvgIpc) is 3.30. The molecule has 0 unspecified atom stereocenters. The Morgan fingerprint density at radius 2 is 1.77 bits per heavy atom. The van der Waals surface area contributed by atoms with Crippen LogP contribution in [0.3, 0.4) is 0 Å². The van der Waals surface area contributed by atoms with Gasteiger partial charge in [0.25, 0.3) is 11.8 Å². The van der Waals surface area contributed by atoms with E-state index in [9.17, 15) is 22.8 Å². The first-order chi connectivity index (χ1) is 14.2. The summed E-state index contributed by atoms with van der Waals surface area (Å²) in [5.41, 5.74) is 1.49. The van der Waals surface area contributed by atoms with Crippen molar-refractivity contribution in [1.82, 2.24) is 9.21 Å². The molecule has 0 radical (unpaired) electrons. The van der Waals surface area contributed by atoms with Gasteiger partial charge in [-0.2, -0.15) is 4.31 Å². The monoisotopic (exact) mass is 427 g/mol. The van der Waals surface area contributed by atoms with Gasteiger partial charge in [-0.3, -0.25) is 19.3 Å². The average molecular weight is 427 g/mol. The number of benzene rings is 2. The van der Waals surface area contributed by atoms with Gasteiger partial charge in [-0.25, -0.2) is 8.42 Å². The molecule has 30 heavy (non-hydrogen) atoms. The molecule has 156 valence electrons. The molecule has 9 heteroatoms. The predicted octanol–water partition coefficient (Wildman–Crippen LogP) is 2.01. The smallest absolute Gasteiger partial charge is 0.263 e. The number of sulfonamides is 1. The van der Waals surface area contributed by atoms with Crippen LogP contribution < -0.4 is 5.32 Å². The third-order valence-corrected chi connectivity index (χ3v) is 7.43. The topological polar surface area (TPSA) is 104 Å². The highest BCUT2D eigenvalue weighted by Crippen LogP contribution is 2.31. The van der Waals surface area contributed by atoms with Gasteiger partial charge in [0.15, 0.2) is 0 Å². The van der Waals surface area contributed by atoms with Crippen LogP contribution in [0.5, 0.6) is 0 Å². The van der Waals surface area contributed by atoms with E-state index in [2.05, 4.69) is 5.32 Å². The first-order valence-corrected chi connectivity index (χ1v) is 11.0. The minimum atomic E-state index is -3.84. The summed E-state index contributed by atoms with van der Waals surface area (Å²) in [6.45, 7) is 2.10. The van der Waals surface area contributed by atoms with Crippen LogP contribution in [0.1, 0.15) is 39.1 Å². The Labute approximate surface area is 174 Å². The second-order valence-electron chi connectivity index (χ2n) is 7.47. The molecular weight excluding hydrogens is 406 g/mol. The SMILES string of the molecule is Cc1ccc(S(=O)(=O)N2CCC[C@H]2C(=O)Nc2cccc3c2C(=O)N(C)C3=O)cc1. The number of amides is 3. The van der Waals surface area contributed by atoms with Crippen LogP contribution in [0.4, 0.5) is 5.69 Å². The zero-order chi connectivity index (χ0) is 21.6. The Kier molecular flexibility index (Phi) is 4.95. The van der Waals surface area contributed by atoms with E-state index in [1.54, 1.807) is 18.2 Å². The fourth-order valence-electron chi connectivity index (χ4n) is 3.86. The molecule has 2 aromatic rings. The summed E-state index contributed by atoms with van der Waals surface area (Å²) in [6.07, 6.45) is 0.926. The molecule has 4 rings (SSSR count). The lowest BCUT2D eigenvalue weighted by Gasteiger charge is -2.23. The second-order valence-corrected chi connectivity index (χ2v) is 9.36. The summed E-state index contributed by atoms with van der Waals surface area (Å²) in [5, 5.41) is 2.67. The van der Waals surface area contributed by atoms with Crippen molar-refractivity contribution in [3.8, 4) is 0 Å². The lowest BCUT2D eigenvalue weighted by atomic mass is 10.1. The lowest BCUT2D eigenvalue weighted by Crippen LogP contribution is -2.43. The zero-order valence-corrected chi connectivity index (χ0v) is 17.4. The van der Waals surface area contributed by atoms with E-state index in [0.717, 1.165) is 10.5 Å². The molecule has 0 bridgehead atoms.